The molecule has 0 atom stereocenters. The Bertz CT molecular complexity index is 480. The summed E-state index contributed by atoms with van der Waals surface area (Å²) in [5.41, 5.74) is 1.56. The van der Waals surface area contributed by atoms with Crippen molar-refractivity contribution in [1.82, 2.24) is 15.0 Å². The summed E-state index contributed by atoms with van der Waals surface area (Å²) in [6.45, 7) is 1.90. The zero-order chi connectivity index (χ0) is 10.8. The minimum absolute atomic E-state index is 0.313. The second-order valence-corrected chi connectivity index (χ2v) is 3.78. The van der Waals surface area contributed by atoms with E-state index >= 15 is 0 Å². The average Bonchev–Trinajstić information content (AvgIpc) is 2.16. The van der Waals surface area contributed by atoms with E-state index in [1.54, 1.807) is 0 Å². The predicted octanol–water partition coefficient (Wildman–Crippen LogP) is 3.15. The first-order chi connectivity index (χ1) is 7.15. The summed E-state index contributed by atoms with van der Waals surface area (Å²) in [5.74, 6) is 0.441. The number of hydrogen-bond donors (Lipinski definition) is 0. The first kappa shape index (κ1) is 10.3. The Morgan fingerprint density at radius 3 is 2.27 bits per heavy atom. The second-order valence-electron chi connectivity index (χ2n) is 3.00. The van der Waals surface area contributed by atoms with Crippen molar-refractivity contribution >= 4 is 23.2 Å². The Balaban J connectivity index is 2.54. The summed E-state index contributed by atoms with van der Waals surface area (Å²) in [4.78, 5) is 12.4. The molecule has 0 saturated heterocycles. The third-order valence-electron chi connectivity index (χ3n) is 1.78. The molecule has 0 unspecified atom stereocenters. The Labute approximate surface area is 97.1 Å². The maximum atomic E-state index is 5.78. The molecule has 0 radical (unpaired) electrons. The van der Waals surface area contributed by atoms with Gasteiger partial charge in [0, 0.05) is 11.8 Å². The largest absolute Gasteiger partial charge is 0.250 e. The highest BCUT2D eigenvalue weighted by Crippen LogP contribution is 2.18. The van der Waals surface area contributed by atoms with Crippen LogP contribution in [0.1, 0.15) is 5.69 Å². The monoisotopic (exact) mass is 239 g/mol. The number of nitrogens with zero attached hydrogens (tertiary/aromatic N) is 3. The van der Waals surface area contributed by atoms with Gasteiger partial charge in [0.2, 0.25) is 0 Å². The summed E-state index contributed by atoms with van der Waals surface area (Å²) in [5, 5.41) is 0.626. The first-order valence-electron chi connectivity index (χ1n) is 4.29. The number of aryl methyl sites for hydroxylation is 1. The van der Waals surface area contributed by atoms with Gasteiger partial charge in [0.15, 0.2) is 5.82 Å². The van der Waals surface area contributed by atoms with Crippen molar-refractivity contribution in [1.29, 1.82) is 0 Å². The summed E-state index contributed by atoms with van der Waals surface area (Å²) < 4.78 is 0. The lowest BCUT2D eigenvalue weighted by molar-refractivity contribution is 1.11. The molecule has 5 heteroatoms. The number of aromatic nitrogens is 3. The van der Waals surface area contributed by atoms with Crippen LogP contribution in [0.15, 0.2) is 24.3 Å². The van der Waals surface area contributed by atoms with Gasteiger partial charge in [-0.1, -0.05) is 29.3 Å². The molecule has 0 fully saturated rings. The molecule has 0 amide bonds. The van der Waals surface area contributed by atoms with Crippen LogP contribution in [0.5, 0.6) is 0 Å². The van der Waals surface area contributed by atoms with Crippen molar-refractivity contribution < 1.29 is 0 Å². The molecule has 2 aromatic heterocycles. The van der Waals surface area contributed by atoms with E-state index in [2.05, 4.69) is 15.0 Å². The molecule has 0 aromatic carbocycles. The molecule has 0 saturated carbocycles. The van der Waals surface area contributed by atoms with Gasteiger partial charge in [-0.15, -0.1) is 0 Å². The van der Waals surface area contributed by atoms with E-state index in [0.29, 0.717) is 21.8 Å². The molecule has 2 rings (SSSR count). The van der Waals surface area contributed by atoms with Gasteiger partial charge < -0.3 is 0 Å². The van der Waals surface area contributed by atoms with Crippen molar-refractivity contribution in [2.75, 3.05) is 0 Å². The van der Waals surface area contributed by atoms with Crippen molar-refractivity contribution in [3.63, 3.8) is 0 Å². The fourth-order valence-electron chi connectivity index (χ4n) is 1.17. The van der Waals surface area contributed by atoms with E-state index in [1.807, 2.05) is 25.1 Å². The van der Waals surface area contributed by atoms with Crippen LogP contribution in [0.2, 0.25) is 10.3 Å². The number of rotatable bonds is 1. The Hall–Kier alpha value is -1.19. The van der Waals surface area contributed by atoms with Crippen molar-refractivity contribution in [3.05, 3.63) is 40.3 Å². The zero-order valence-electron chi connectivity index (χ0n) is 7.91. The summed E-state index contributed by atoms with van der Waals surface area (Å²) in [6.07, 6.45) is 0. The van der Waals surface area contributed by atoms with Crippen LogP contribution in [0.25, 0.3) is 11.5 Å². The van der Waals surface area contributed by atoms with Crippen LogP contribution in [0, 0.1) is 6.92 Å². The van der Waals surface area contributed by atoms with Gasteiger partial charge in [-0.2, -0.15) is 0 Å². The summed E-state index contributed by atoms with van der Waals surface area (Å²) in [7, 11) is 0. The van der Waals surface area contributed by atoms with E-state index in [9.17, 15) is 0 Å². The van der Waals surface area contributed by atoms with Gasteiger partial charge in [-0.25, -0.2) is 15.0 Å². The maximum Gasteiger partial charge on any atom is 0.181 e. The van der Waals surface area contributed by atoms with E-state index in [1.165, 1.54) is 6.07 Å². The first-order valence-corrected chi connectivity index (χ1v) is 5.05. The predicted molar refractivity (Wildman–Crippen MR) is 60.0 cm³/mol. The highest BCUT2D eigenvalue weighted by atomic mass is 35.5. The van der Waals surface area contributed by atoms with Gasteiger partial charge in [0.05, 0.1) is 0 Å². The normalized spacial score (nSPS) is 10.3. The molecule has 2 heterocycles. The molecule has 3 nitrogen and oxygen atoms in total. The lowest BCUT2D eigenvalue weighted by Gasteiger charge is -2.01. The number of pyridine rings is 1. The molecule has 0 bridgehead atoms. The van der Waals surface area contributed by atoms with Gasteiger partial charge >= 0.3 is 0 Å². The lowest BCUT2D eigenvalue weighted by atomic mass is 10.3. The van der Waals surface area contributed by atoms with Crippen molar-refractivity contribution in [2.24, 2.45) is 0 Å². The Morgan fingerprint density at radius 2 is 1.67 bits per heavy atom. The molecule has 15 heavy (non-hydrogen) atoms. The van der Waals surface area contributed by atoms with Crippen LogP contribution < -0.4 is 0 Å². The van der Waals surface area contributed by atoms with E-state index in [0.717, 1.165) is 5.69 Å². The molecule has 0 spiro atoms. The standard InChI is InChI=1S/C10H7Cl2N3/c1-6-3-2-4-7(13-6)10-14-8(11)5-9(12)15-10/h2-5H,1H3. The summed E-state index contributed by atoms with van der Waals surface area (Å²) >= 11 is 11.6. The summed E-state index contributed by atoms with van der Waals surface area (Å²) in [6, 6.07) is 7.09. The van der Waals surface area contributed by atoms with Gasteiger partial charge in [-0.05, 0) is 19.1 Å². The van der Waals surface area contributed by atoms with Gasteiger partial charge in [-0.3, -0.25) is 0 Å². The molecule has 76 valence electrons. The third-order valence-corrected chi connectivity index (χ3v) is 2.17. The minimum atomic E-state index is 0.313. The van der Waals surface area contributed by atoms with Crippen molar-refractivity contribution in [2.45, 2.75) is 6.92 Å². The van der Waals surface area contributed by atoms with Gasteiger partial charge in [0.25, 0.3) is 0 Å². The second kappa shape index (κ2) is 4.13. The fraction of sp³-hybridized carbons (Fsp3) is 0.100. The number of halogens is 2. The molecule has 0 aliphatic carbocycles. The molecular weight excluding hydrogens is 233 g/mol. The quantitative estimate of drug-likeness (QED) is 0.718. The van der Waals surface area contributed by atoms with Crippen LogP contribution in [-0.2, 0) is 0 Å². The third kappa shape index (κ3) is 2.43. The fourth-order valence-corrected chi connectivity index (χ4v) is 1.59. The van der Waals surface area contributed by atoms with Crippen LogP contribution in [0.4, 0.5) is 0 Å². The number of hydrogen-bond acceptors (Lipinski definition) is 3. The van der Waals surface area contributed by atoms with E-state index < -0.39 is 0 Å². The van der Waals surface area contributed by atoms with Gasteiger partial charge in [0.1, 0.15) is 16.0 Å². The SMILES string of the molecule is Cc1cccc(-c2nc(Cl)cc(Cl)n2)n1. The van der Waals surface area contributed by atoms with Crippen LogP contribution in [-0.4, -0.2) is 15.0 Å². The van der Waals surface area contributed by atoms with Crippen molar-refractivity contribution in [3.8, 4) is 11.5 Å². The lowest BCUT2D eigenvalue weighted by Crippen LogP contribution is -1.93. The zero-order valence-corrected chi connectivity index (χ0v) is 9.42. The van der Waals surface area contributed by atoms with E-state index in [-0.39, 0.29) is 0 Å². The Kier molecular flexibility index (Phi) is 2.84. The van der Waals surface area contributed by atoms with Crippen LogP contribution >= 0.6 is 23.2 Å². The molecule has 0 aliphatic rings. The van der Waals surface area contributed by atoms with E-state index in [4.69, 9.17) is 23.2 Å². The molecule has 0 aliphatic heterocycles. The average molecular weight is 240 g/mol. The molecule has 0 N–H and O–H groups in total. The minimum Gasteiger partial charge on any atom is -0.250 e. The smallest absolute Gasteiger partial charge is 0.181 e. The molecule has 2 aromatic rings. The highest BCUT2D eigenvalue weighted by molar-refractivity contribution is 6.33. The molecular formula is C10H7Cl2N3. The highest BCUT2D eigenvalue weighted by Gasteiger charge is 2.05. The van der Waals surface area contributed by atoms with Crippen LogP contribution in [0.3, 0.4) is 0 Å². The maximum absolute atomic E-state index is 5.78. The topological polar surface area (TPSA) is 38.7 Å². The Morgan fingerprint density at radius 1 is 1.00 bits per heavy atom.